The molecule has 0 unspecified atom stereocenters. The molecule has 0 aliphatic carbocycles. The number of nitrogens with two attached hydrogens (primary N) is 1. The quantitative estimate of drug-likeness (QED) is 0.866. The van der Waals surface area contributed by atoms with Gasteiger partial charge in [-0.1, -0.05) is 17.7 Å². The lowest BCUT2D eigenvalue weighted by Gasteiger charge is -2.13. The van der Waals surface area contributed by atoms with E-state index < -0.39 is 28.8 Å². The molecule has 0 aromatic heterocycles. The van der Waals surface area contributed by atoms with Crippen molar-refractivity contribution in [3.05, 3.63) is 34.3 Å². The van der Waals surface area contributed by atoms with E-state index in [-0.39, 0.29) is 12.0 Å². The highest BCUT2D eigenvalue weighted by Crippen LogP contribution is 2.35. The minimum Gasteiger partial charge on any atom is -0.468 e. The van der Waals surface area contributed by atoms with Crippen LogP contribution in [0.3, 0.4) is 0 Å². The summed E-state index contributed by atoms with van der Waals surface area (Å²) in [7, 11) is 1.16. The summed E-state index contributed by atoms with van der Waals surface area (Å²) in [6.45, 7) is 0. The molecular formula is C11H11ClF3NO2. The van der Waals surface area contributed by atoms with E-state index in [1.54, 1.807) is 0 Å². The summed E-state index contributed by atoms with van der Waals surface area (Å²) < 4.78 is 42.1. The monoisotopic (exact) mass is 281 g/mol. The Morgan fingerprint density at radius 3 is 2.61 bits per heavy atom. The number of carbonyl (C=O) groups excluding carboxylic acids is 1. The molecule has 0 aliphatic heterocycles. The van der Waals surface area contributed by atoms with Crippen LogP contribution in [-0.2, 0) is 22.1 Å². The first-order chi connectivity index (χ1) is 8.25. The third-order valence-corrected chi connectivity index (χ3v) is 2.63. The highest BCUT2D eigenvalue weighted by Gasteiger charge is 2.33. The number of rotatable bonds is 3. The van der Waals surface area contributed by atoms with Crippen LogP contribution in [0.4, 0.5) is 13.2 Å². The zero-order valence-electron chi connectivity index (χ0n) is 9.42. The number of hydrogen-bond acceptors (Lipinski definition) is 3. The summed E-state index contributed by atoms with van der Waals surface area (Å²) in [6.07, 6.45) is -4.59. The number of benzene rings is 1. The standard InChI is InChI=1S/C11H11ClF3NO2/c1-18-10(17)9(16)5-6-2-3-8(12)7(4-6)11(13,14)15/h2-4,9H,5,16H2,1H3/t9-/m1/s1. The van der Waals surface area contributed by atoms with Gasteiger partial charge < -0.3 is 10.5 Å². The lowest BCUT2D eigenvalue weighted by molar-refractivity contribution is -0.142. The lowest BCUT2D eigenvalue weighted by atomic mass is 10.0. The van der Waals surface area contributed by atoms with Crippen LogP contribution < -0.4 is 5.73 Å². The molecule has 1 atom stereocenters. The van der Waals surface area contributed by atoms with Gasteiger partial charge in [0.25, 0.3) is 0 Å². The van der Waals surface area contributed by atoms with Crippen LogP contribution in [0.25, 0.3) is 0 Å². The van der Waals surface area contributed by atoms with Crippen molar-refractivity contribution in [2.24, 2.45) is 5.73 Å². The lowest BCUT2D eigenvalue weighted by Crippen LogP contribution is -2.33. The number of methoxy groups -OCH3 is 1. The molecule has 7 heteroatoms. The van der Waals surface area contributed by atoms with E-state index in [4.69, 9.17) is 17.3 Å². The van der Waals surface area contributed by atoms with E-state index in [2.05, 4.69) is 4.74 Å². The molecule has 1 aromatic rings. The normalized spacial score (nSPS) is 13.2. The summed E-state index contributed by atoms with van der Waals surface area (Å²) in [5, 5.41) is -0.391. The Hall–Kier alpha value is -1.27. The molecule has 18 heavy (non-hydrogen) atoms. The highest BCUT2D eigenvalue weighted by molar-refractivity contribution is 6.31. The Labute approximate surface area is 107 Å². The molecule has 100 valence electrons. The van der Waals surface area contributed by atoms with Gasteiger partial charge in [0.1, 0.15) is 6.04 Å². The van der Waals surface area contributed by atoms with E-state index >= 15 is 0 Å². The maximum atomic E-state index is 12.6. The fourth-order valence-electron chi connectivity index (χ4n) is 1.41. The maximum Gasteiger partial charge on any atom is 0.417 e. The predicted molar refractivity (Wildman–Crippen MR) is 60.1 cm³/mol. The number of alkyl halides is 3. The van der Waals surface area contributed by atoms with E-state index in [9.17, 15) is 18.0 Å². The molecule has 1 rings (SSSR count). The molecule has 0 heterocycles. The third kappa shape index (κ3) is 3.61. The summed E-state index contributed by atoms with van der Waals surface area (Å²) >= 11 is 5.46. The molecule has 0 amide bonds. The number of halogens is 4. The minimum atomic E-state index is -4.54. The smallest absolute Gasteiger partial charge is 0.417 e. The Bertz CT molecular complexity index is 448. The van der Waals surface area contributed by atoms with Gasteiger partial charge in [-0.05, 0) is 24.1 Å². The molecule has 0 spiro atoms. The van der Waals surface area contributed by atoms with Crippen molar-refractivity contribution >= 4 is 17.6 Å². The van der Waals surface area contributed by atoms with Gasteiger partial charge >= 0.3 is 12.1 Å². The van der Waals surface area contributed by atoms with E-state index in [1.807, 2.05) is 0 Å². The molecule has 1 aromatic carbocycles. The summed E-state index contributed by atoms with van der Waals surface area (Å²) in [4.78, 5) is 11.1. The van der Waals surface area contributed by atoms with Gasteiger partial charge in [0.15, 0.2) is 0 Å². The Balaban J connectivity index is 2.96. The van der Waals surface area contributed by atoms with Crippen molar-refractivity contribution in [2.75, 3.05) is 7.11 Å². The van der Waals surface area contributed by atoms with Gasteiger partial charge in [-0.15, -0.1) is 0 Å². The van der Waals surface area contributed by atoms with Gasteiger partial charge in [-0.25, -0.2) is 0 Å². The molecule has 0 radical (unpaired) electrons. The minimum absolute atomic E-state index is 0.0487. The molecule has 0 fully saturated rings. The highest BCUT2D eigenvalue weighted by atomic mass is 35.5. The van der Waals surface area contributed by atoms with Crippen molar-refractivity contribution < 1.29 is 22.7 Å². The zero-order valence-corrected chi connectivity index (χ0v) is 10.2. The van der Waals surface area contributed by atoms with Crippen molar-refractivity contribution in [3.8, 4) is 0 Å². The molecule has 0 saturated carbocycles. The average Bonchev–Trinajstić information content (AvgIpc) is 2.29. The predicted octanol–water partition coefficient (Wildman–Crippen LogP) is 2.40. The number of hydrogen-bond donors (Lipinski definition) is 1. The first kappa shape index (κ1) is 14.8. The van der Waals surface area contributed by atoms with Gasteiger partial charge in [0, 0.05) is 0 Å². The third-order valence-electron chi connectivity index (χ3n) is 2.30. The summed E-state index contributed by atoms with van der Waals surface area (Å²) in [6, 6.07) is 2.40. The van der Waals surface area contributed by atoms with Crippen LogP contribution >= 0.6 is 11.6 Å². The molecule has 0 bridgehead atoms. The van der Waals surface area contributed by atoms with E-state index in [1.165, 1.54) is 6.07 Å². The summed E-state index contributed by atoms with van der Waals surface area (Å²) in [5.74, 6) is -0.682. The number of esters is 1. The van der Waals surface area contributed by atoms with Crippen LogP contribution in [0.2, 0.25) is 5.02 Å². The Morgan fingerprint density at radius 2 is 2.11 bits per heavy atom. The second kappa shape index (κ2) is 5.58. The SMILES string of the molecule is COC(=O)[C@H](N)Cc1ccc(Cl)c(C(F)(F)F)c1. The van der Waals surface area contributed by atoms with E-state index in [0.29, 0.717) is 0 Å². The fourth-order valence-corrected chi connectivity index (χ4v) is 1.63. The van der Waals surface area contributed by atoms with Gasteiger partial charge in [0.2, 0.25) is 0 Å². The fraction of sp³-hybridized carbons (Fsp3) is 0.364. The zero-order chi connectivity index (χ0) is 13.9. The number of ether oxygens (including phenoxy) is 1. The van der Waals surface area contributed by atoms with Crippen molar-refractivity contribution in [1.82, 2.24) is 0 Å². The molecule has 0 aliphatic rings. The molecule has 0 saturated heterocycles. The molecule has 3 nitrogen and oxygen atoms in total. The van der Waals surface area contributed by atoms with Crippen LogP contribution in [-0.4, -0.2) is 19.1 Å². The second-order valence-corrected chi connectivity index (χ2v) is 4.05. The van der Waals surface area contributed by atoms with Crippen molar-refractivity contribution in [1.29, 1.82) is 0 Å². The van der Waals surface area contributed by atoms with Crippen LogP contribution in [0.5, 0.6) is 0 Å². The average molecular weight is 282 g/mol. The first-order valence-corrected chi connectivity index (χ1v) is 5.32. The molecular weight excluding hydrogens is 271 g/mol. The largest absolute Gasteiger partial charge is 0.468 e. The second-order valence-electron chi connectivity index (χ2n) is 3.65. The first-order valence-electron chi connectivity index (χ1n) is 4.94. The Kier molecular flexibility index (Phi) is 4.59. The number of carbonyl (C=O) groups is 1. The van der Waals surface area contributed by atoms with Crippen molar-refractivity contribution in [3.63, 3.8) is 0 Å². The van der Waals surface area contributed by atoms with Crippen molar-refractivity contribution in [2.45, 2.75) is 18.6 Å². The van der Waals surface area contributed by atoms with Crippen LogP contribution in [0, 0.1) is 0 Å². The Morgan fingerprint density at radius 1 is 1.50 bits per heavy atom. The topological polar surface area (TPSA) is 52.3 Å². The van der Waals surface area contributed by atoms with E-state index in [0.717, 1.165) is 19.2 Å². The van der Waals surface area contributed by atoms with Gasteiger partial charge in [0.05, 0.1) is 17.7 Å². The summed E-state index contributed by atoms with van der Waals surface area (Å²) in [5.41, 5.74) is 4.79. The molecule has 2 N–H and O–H groups in total. The van der Waals surface area contributed by atoms with Crippen LogP contribution in [0.1, 0.15) is 11.1 Å². The van der Waals surface area contributed by atoms with Gasteiger partial charge in [-0.3, -0.25) is 4.79 Å². The van der Waals surface area contributed by atoms with Crippen LogP contribution in [0.15, 0.2) is 18.2 Å². The maximum absolute atomic E-state index is 12.6. The van der Waals surface area contributed by atoms with Gasteiger partial charge in [-0.2, -0.15) is 13.2 Å².